The van der Waals surface area contributed by atoms with Crippen molar-refractivity contribution in [2.45, 2.75) is 26.4 Å². The van der Waals surface area contributed by atoms with Gasteiger partial charge in [-0.15, -0.1) is 0 Å². The second kappa shape index (κ2) is 6.76. The molecule has 0 aromatic heterocycles. The number of allylic oxidation sites excluding steroid dienone is 2. The second-order valence-electron chi connectivity index (χ2n) is 5.01. The fourth-order valence-electron chi connectivity index (χ4n) is 2.65. The predicted molar refractivity (Wildman–Crippen MR) is 81.4 cm³/mol. The van der Waals surface area contributed by atoms with Crippen LogP contribution in [0.5, 0.6) is 5.75 Å². The molecule has 1 aromatic rings. The molecule has 1 heterocycles. The number of nitrogens with zero attached hydrogens (tertiary/aromatic N) is 3. The molecule has 0 aliphatic carbocycles. The zero-order valence-corrected chi connectivity index (χ0v) is 13.1. The Labute approximate surface area is 137 Å². The van der Waals surface area contributed by atoms with Crippen LogP contribution >= 0.6 is 11.6 Å². The summed E-state index contributed by atoms with van der Waals surface area (Å²) in [4.78, 5) is 4.21. The Kier molecular flexibility index (Phi) is 4.98. The molecule has 1 aliphatic heterocycles. The van der Waals surface area contributed by atoms with Crippen molar-refractivity contribution in [3.63, 3.8) is 0 Å². The number of halogens is 3. The van der Waals surface area contributed by atoms with Crippen LogP contribution in [0.1, 0.15) is 25.3 Å². The molecule has 1 aliphatic rings. The maximum atomic E-state index is 12.7. The molecular formula is C16H12ClF2N3O. The highest BCUT2D eigenvalue weighted by atomic mass is 35.5. The Morgan fingerprint density at radius 1 is 1.30 bits per heavy atom. The number of nitriles is 2. The number of alkyl halides is 2. The quantitative estimate of drug-likeness (QED) is 0.820. The number of hydrogen-bond acceptors (Lipinski definition) is 4. The summed E-state index contributed by atoms with van der Waals surface area (Å²) < 4.78 is 29.9. The van der Waals surface area contributed by atoms with E-state index in [0.29, 0.717) is 16.4 Å². The van der Waals surface area contributed by atoms with Gasteiger partial charge in [0.05, 0.1) is 29.3 Å². The maximum absolute atomic E-state index is 12.7. The minimum atomic E-state index is -3.02. The Hall–Kier alpha value is -2.44. The van der Waals surface area contributed by atoms with Crippen molar-refractivity contribution >= 4 is 17.3 Å². The molecule has 0 amide bonds. The van der Waals surface area contributed by atoms with Crippen molar-refractivity contribution in [3.05, 3.63) is 40.1 Å². The summed E-state index contributed by atoms with van der Waals surface area (Å²) in [6, 6.07) is 8.27. The number of ether oxygens (including phenoxy) is 1. The number of hydrogen-bond donors (Lipinski definition) is 0. The Morgan fingerprint density at radius 2 is 2.00 bits per heavy atom. The molecule has 1 aromatic carbocycles. The van der Waals surface area contributed by atoms with Crippen LogP contribution in [0.2, 0.25) is 5.02 Å². The third-order valence-corrected chi connectivity index (χ3v) is 3.85. The van der Waals surface area contributed by atoms with E-state index in [0.717, 1.165) is 0 Å². The van der Waals surface area contributed by atoms with Crippen molar-refractivity contribution < 1.29 is 13.5 Å². The second-order valence-corrected chi connectivity index (χ2v) is 5.45. The lowest BCUT2D eigenvalue weighted by Gasteiger charge is -2.28. The molecule has 2 rings (SSSR count). The van der Waals surface area contributed by atoms with Gasteiger partial charge in [0.25, 0.3) is 0 Å². The first-order chi connectivity index (χ1) is 10.9. The van der Waals surface area contributed by atoms with E-state index >= 15 is 0 Å². The first kappa shape index (κ1) is 16.9. The first-order valence-electron chi connectivity index (χ1n) is 6.69. The highest BCUT2D eigenvalue weighted by Crippen LogP contribution is 2.43. The van der Waals surface area contributed by atoms with Gasteiger partial charge in [-0.05, 0) is 32.0 Å². The molecule has 0 saturated carbocycles. The summed E-state index contributed by atoms with van der Waals surface area (Å²) in [5.74, 6) is -1.62. The lowest BCUT2D eigenvalue weighted by atomic mass is 9.76. The van der Waals surface area contributed by atoms with Crippen LogP contribution in [-0.2, 0) is 0 Å². The molecular weight excluding hydrogens is 324 g/mol. The molecule has 0 bridgehead atoms. The van der Waals surface area contributed by atoms with E-state index < -0.39 is 18.4 Å². The Balaban J connectivity index is 2.67. The van der Waals surface area contributed by atoms with E-state index in [-0.39, 0.29) is 16.9 Å². The average molecular weight is 336 g/mol. The maximum Gasteiger partial charge on any atom is 0.387 e. The zero-order valence-electron chi connectivity index (χ0n) is 12.3. The number of aliphatic imine (C=N–C) groups is 1. The zero-order chi connectivity index (χ0) is 17.1. The predicted octanol–water partition coefficient (Wildman–Crippen LogP) is 4.44. The third-order valence-electron chi connectivity index (χ3n) is 3.61. The molecule has 0 N–H and O–H groups in total. The normalized spacial score (nSPS) is 20.8. The van der Waals surface area contributed by atoms with Gasteiger partial charge in [0.15, 0.2) is 0 Å². The van der Waals surface area contributed by atoms with Crippen molar-refractivity contribution in [1.82, 2.24) is 0 Å². The van der Waals surface area contributed by atoms with Gasteiger partial charge in [-0.2, -0.15) is 19.3 Å². The molecule has 118 valence electrons. The van der Waals surface area contributed by atoms with Crippen LogP contribution in [0.15, 0.2) is 34.5 Å². The smallest absolute Gasteiger partial charge is 0.387 e. The lowest BCUT2D eigenvalue weighted by molar-refractivity contribution is -0.0505. The van der Waals surface area contributed by atoms with E-state index in [4.69, 9.17) is 11.6 Å². The lowest BCUT2D eigenvalue weighted by Crippen LogP contribution is -2.25. The van der Waals surface area contributed by atoms with Crippen LogP contribution in [-0.4, -0.2) is 12.3 Å². The fourth-order valence-corrected chi connectivity index (χ4v) is 2.83. The van der Waals surface area contributed by atoms with Gasteiger partial charge in [0, 0.05) is 22.2 Å². The molecule has 2 atom stereocenters. The standard InChI is InChI=1S/C16H12ClF2N3O/c1-8-12(6-20)15(13(7-21)9(2)22-8)11-5-10(17)3-4-14(11)23-16(18)19/h3-5,12,15-16H,1-2H3/t12?,15-/m0/s1. The topological polar surface area (TPSA) is 69.2 Å². The summed E-state index contributed by atoms with van der Waals surface area (Å²) in [6.07, 6.45) is 0. The summed E-state index contributed by atoms with van der Waals surface area (Å²) in [5, 5.41) is 19.2. The largest absolute Gasteiger partial charge is 0.435 e. The van der Waals surface area contributed by atoms with Crippen LogP contribution < -0.4 is 4.74 Å². The van der Waals surface area contributed by atoms with Crippen molar-refractivity contribution in [1.29, 1.82) is 10.5 Å². The minimum absolute atomic E-state index is 0.107. The Bertz CT molecular complexity index is 775. The molecule has 23 heavy (non-hydrogen) atoms. The Morgan fingerprint density at radius 3 is 2.57 bits per heavy atom. The van der Waals surface area contributed by atoms with Crippen molar-refractivity contribution in [2.24, 2.45) is 10.9 Å². The van der Waals surface area contributed by atoms with Gasteiger partial charge in [0.1, 0.15) is 5.75 Å². The molecule has 0 spiro atoms. The number of rotatable bonds is 3. The summed E-state index contributed by atoms with van der Waals surface area (Å²) in [5.41, 5.74) is 1.47. The number of benzene rings is 1. The molecule has 0 fully saturated rings. The van der Waals surface area contributed by atoms with Crippen LogP contribution in [0.3, 0.4) is 0 Å². The van der Waals surface area contributed by atoms with Crippen molar-refractivity contribution in [3.8, 4) is 17.9 Å². The van der Waals surface area contributed by atoms with Gasteiger partial charge in [-0.3, -0.25) is 4.99 Å². The van der Waals surface area contributed by atoms with Gasteiger partial charge < -0.3 is 4.74 Å². The molecule has 4 nitrogen and oxygen atoms in total. The SMILES string of the molecule is CC1=NC(C)=C(C#N)[C@@H](c2cc(Cl)ccc2OC(F)F)C1C#N. The van der Waals surface area contributed by atoms with E-state index in [2.05, 4.69) is 15.8 Å². The van der Waals surface area contributed by atoms with Gasteiger partial charge in [-0.25, -0.2) is 0 Å². The van der Waals surface area contributed by atoms with E-state index in [9.17, 15) is 19.3 Å². The summed E-state index contributed by atoms with van der Waals surface area (Å²) >= 11 is 5.97. The average Bonchev–Trinajstić information content (AvgIpc) is 2.48. The minimum Gasteiger partial charge on any atom is -0.435 e. The summed E-state index contributed by atoms with van der Waals surface area (Å²) in [6.45, 7) is 0.279. The van der Waals surface area contributed by atoms with Crippen LogP contribution in [0, 0.1) is 28.6 Å². The molecule has 7 heteroatoms. The molecule has 0 saturated heterocycles. The first-order valence-corrected chi connectivity index (χ1v) is 7.06. The molecule has 0 radical (unpaired) electrons. The van der Waals surface area contributed by atoms with E-state index in [1.165, 1.54) is 18.2 Å². The van der Waals surface area contributed by atoms with E-state index in [1.54, 1.807) is 13.8 Å². The van der Waals surface area contributed by atoms with Crippen LogP contribution in [0.25, 0.3) is 0 Å². The highest BCUT2D eigenvalue weighted by Gasteiger charge is 2.36. The third kappa shape index (κ3) is 3.33. The fraction of sp³-hybridized carbons (Fsp3) is 0.312. The van der Waals surface area contributed by atoms with Gasteiger partial charge >= 0.3 is 6.61 Å². The van der Waals surface area contributed by atoms with E-state index in [1.807, 2.05) is 6.07 Å². The van der Waals surface area contributed by atoms with Crippen LogP contribution in [0.4, 0.5) is 8.78 Å². The van der Waals surface area contributed by atoms with Crippen molar-refractivity contribution in [2.75, 3.05) is 0 Å². The van der Waals surface area contributed by atoms with Gasteiger partial charge in [-0.1, -0.05) is 11.6 Å². The highest BCUT2D eigenvalue weighted by molar-refractivity contribution is 6.30. The molecule has 1 unspecified atom stereocenters. The summed E-state index contributed by atoms with van der Waals surface area (Å²) in [7, 11) is 0. The monoisotopic (exact) mass is 335 g/mol. The van der Waals surface area contributed by atoms with Gasteiger partial charge in [0.2, 0.25) is 0 Å².